The van der Waals surface area contributed by atoms with E-state index in [4.69, 9.17) is 0 Å². The van der Waals surface area contributed by atoms with Gasteiger partial charge in [-0.15, -0.1) is 0 Å². The quantitative estimate of drug-likeness (QED) is 0.654. The molecule has 0 amide bonds. The molecule has 1 N–H and O–H groups in total. The van der Waals surface area contributed by atoms with Gasteiger partial charge in [0, 0.05) is 9.13 Å². The van der Waals surface area contributed by atoms with Crippen LogP contribution in [0.4, 0.5) is 0 Å². The number of aromatic hydroxyl groups is 1. The molecule has 0 aromatic heterocycles. The molecule has 1 unspecified atom stereocenters. The minimum Gasteiger partial charge on any atom is -0.508 e. The maximum Gasteiger partial charge on any atom is 0.147 e. The summed E-state index contributed by atoms with van der Waals surface area (Å²) in [6.07, 6.45) is 0. The van der Waals surface area contributed by atoms with E-state index < -0.39 is 4.83 Å². The third-order valence-corrected chi connectivity index (χ3v) is 3.43. The normalized spacial score (nSPS) is 12.5. The molecule has 2 nitrogen and oxygen atoms in total. The lowest BCUT2D eigenvalue weighted by Gasteiger charge is -2.08. The molecule has 0 saturated carbocycles. The number of rotatable bonds is 2. The number of carbonyl (C=O) groups is 1. The van der Waals surface area contributed by atoms with Crippen molar-refractivity contribution >= 4 is 44.3 Å². The molecular formula is C9H8BrIO2. The molecule has 1 aromatic rings. The number of benzene rings is 1. The highest BCUT2D eigenvalue weighted by atomic mass is 127. The number of phenols is 1. The van der Waals surface area contributed by atoms with E-state index >= 15 is 0 Å². The van der Waals surface area contributed by atoms with E-state index in [2.05, 4.69) is 38.5 Å². The summed E-state index contributed by atoms with van der Waals surface area (Å²) in [4.78, 5) is 10.6. The molecule has 0 aliphatic heterocycles. The van der Waals surface area contributed by atoms with Crippen LogP contribution in [0.5, 0.6) is 5.75 Å². The summed E-state index contributed by atoms with van der Waals surface area (Å²) in [6, 6.07) is 5.17. The van der Waals surface area contributed by atoms with Crippen molar-refractivity contribution in [3.05, 3.63) is 27.3 Å². The zero-order valence-corrected chi connectivity index (χ0v) is 10.7. The molecule has 1 aromatic carbocycles. The second-order valence-corrected chi connectivity index (χ2v) is 4.84. The molecule has 0 heterocycles. The van der Waals surface area contributed by atoms with Crippen LogP contribution in [0.25, 0.3) is 0 Å². The third-order valence-electron chi connectivity index (χ3n) is 1.62. The molecule has 0 bridgehead atoms. The summed E-state index contributed by atoms with van der Waals surface area (Å²) < 4.78 is 0.996. The standard InChI is InChI=1S/C9H8BrIO2/c1-5(12)9(10)7-4-6(11)2-3-8(7)13/h2-4,9,13H,1H3. The number of Topliss-reactive ketones (excluding diaryl/α,β-unsaturated/α-hetero) is 1. The van der Waals surface area contributed by atoms with Crippen LogP contribution in [0.2, 0.25) is 0 Å². The lowest BCUT2D eigenvalue weighted by atomic mass is 10.1. The highest BCUT2D eigenvalue weighted by Crippen LogP contribution is 2.32. The van der Waals surface area contributed by atoms with Crippen LogP contribution in [-0.2, 0) is 4.79 Å². The fourth-order valence-corrected chi connectivity index (χ4v) is 1.83. The Morgan fingerprint density at radius 3 is 2.77 bits per heavy atom. The average Bonchev–Trinajstić information content (AvgIpc) is 2.08. The minimum absolute atomic E-state index is 0.0164. The van der Waals surface area contributed by atoms with Crippen LogP contribution >= 0.6 is 38.5 Å². The van der Waals surface area contributed by atoms with E-state index in [9.17, 15) is 9.90 Å². The predicted octanol–water partition coefficient (Wildman–Crippen LogP) is 3.02. The van der Waals surface area contributed by atoms with Crippen LogP contribution in [-0.4, -0.2) is 10.9 Å². The third kappa shape index (κ3) is 2.67. The summed E-state index contributed by atoms with van der Waals surface area (Å²) in [6.45, 7) is 1.48. The molecule has 13 heavy (non-hydrogen) atoms. The van der Waals surface area contributed by atoms with Crippen molar-refractivity contribution in [2.75, 3.05) is 0 Å². The largest absolute Gasteiger partial charge is 0.508 e. The molecule has 0 fully saturated rings. The number of carbonyl (C=O) groups excluding carboxylic acids is 1. The van der Waals surface area contributed by atoms with Gasteiger partial charge in [-0.3, -0.25) is 4.79 Å². The lowest BCUT2D eigenvalue weighted by Crippen LogP contribution is -2.01. The van der Waals surface area contributed by atoms with Gasteiger partial charge in [0.1, 0.15) is 16.4 Å². The zero-order valence-electron chi connectivity index (χ0n) is 6.92. The summed E-state index contributed by atoms with van der Waals surface area (Å²) in [5.41, 5.74) is 0.624. The summed E-state index contributed by atoms with van der Waals surface area (Å²) in [7, 11) is 0. The molecule has 70 valence electrons. The first-order chi connectivity index (χ1) is 6.02. The first-order valence-corrected chi connectivity index (χ1v) is 5.64. The van der Waals surface area contributed by atoms with Crippen molar-refractivity contribution in [2.24, 2.45) is 0 Å². The van der Waals surface area contributed by atoms with Gasteiger partial charge in [-0.05, 0) is 47.7 Å². The van der Waals surface area contributed by atoms with Gasteiger partial charge in [-0.25, -0.2) is 0 Å². The van der Waals surface area contributed by atoms with Gasteiger partial charge in [-0.2, -0.15) is 0 Å². The van der Waals surface area contributed by atoms with E-state index in [1.807, 2.05) is 0 Å². The topological polar surface area (TPSA) is 37.3 Å². The van der Waals surface area contributed by atoms with Crippen LogP contribution in [0, 0.1) is 3.57 Å². The Balaban J connectivity index is 3.12. The second kappa shape index (κ2) is 4.41. The monoisotopic (exact) mass is 354 g/mol. The molecular weight excluding hydrogens is 347 g/mol. The van der Waals surface area contributed by atoms with Crippen LogP contribution in [0.3, 0.4) is 0 Å². The zero-order chi connectivity index (χ0) is 10.0. The van der Waals surface area contributed by atoms with Crippen molar-refractivity contribution in [1.29, 1.82) is 0 Å². The maximum atomic E-state index is 11.0. The second-order valence-electron chi connectivity index (χ2n) is 2.68. The van der Waals surface area contributed by atoms with Gasteiger partial charge in [0.2, 0.25) is 0 Å². The van der Waals surface area contributed by atoms with E-state index in [1.54, 1.807) is 18.2 Å². The predicted molar refractivity (Wildman–Crippen MR) is 63.2 cm³/mol. The van der Waals surface area contributed by atoms with Gasteiger partial charge < -0.3 is 5.11 Å². The van der Waals surface area contributed by atoms with Gasteiger partial charge in [-0.1, -0.05) is 15.9 Å². The van der Waals surface area contributed by atoms with Gasteiger partial charge in [0.05, 0.1) is 0 Å². The lowest BCUT2D eigenvalue weighted by molar-refractivity contribution is -0.116. The summed E-state index contributed by atoms with van der Waals surface area (Å²) >= 11 is 5.36. The Morgan fingerprint density at radius 1 is 1.62 bits per heavy atom. The number of halogens is 2. The highest BCUT2D eigenvalue weighted by Gasteiger charge is 2.16. The number of phenolic OH excluding ortho intramolecular Hbond substituents is 1. The van der Waals surface area contributed by atoms with Crippen molar-refractivity contribution in [1.82, 2.24) is 0 Å². The van der Waals surface area contributed by atoms with Gasteiger partial charge >= 0.3 is 0 Å². The first-order valence-electron chi connectivity index (χ1n) is 3.65. The SMILES string of the molecule is CC(=O)C(Br)c1cc(I)ccc1O. The molecule has 0 aliphatic carbocycles. The molecule has 1 atom stereocenters. The van der Waals surface area contributed by atoms with Crippen molar-refractivity contribution in [2.45, 2.75) is 11.8 Å². The van der Waals surface area contributed by atoms with E-state index in [-0.39, 0.29) is 11.5 Å². The molecule has 0 spiro atoms. The van der Waals surface area contributed by atoms with Crippen molar-refractivity contribution < 1.29 is 9.90 Å². The van der Waals surface area contributed by atoms with E-state index in [1.165, 1.54) is 6.92 Å². The Hall–Kier alpha value is -0.100. The van der Waals surface area contributed by atoms with Gasteiger partial charge in [0.25, 0.3) is 0 Å². The number of hydrogen-bond donors (Lipinski definition) is 1. The number of alkyl halides is 1. The van der Waals surface area contributed by atoms with Crippen LogP contribution in [0.1, 0.15) is 17.3 Å². The Labute approximate surface area is 98.6 Å². The fourth-order valence-electron chi connectivity index (χ4n) is 0.947. The number of hydrogen-bond acceptors (Lipinski definition) is 2. The fraction of sp³-hybridized carbons (Fsp3) is 0.222. The van der Waals surface area contributed by atoms with E-state index in [0.29, 0.717) is 5.56 Å². The van der Waals surface area contributed by atoms with Crippen molar-refractivity contribution in [3.8, 4) is 5.75 Å². The maximum absolute atomic E-state index is 11.0. The first kappa shape index (κ1) is 11.0. The highest BCUT2D eigenvalue weighted by molar-refractivity contribution is 14.1. The summed E-state index contributed by atoms with van der Waals surface area (Å²) in [5.74, 6) is 0.134. The molecule has 1 rings (SSSR count). The molecule has 0 aliphatic rings. The molecule has 0 saturated heterocycles. The van der Waals surface area contributed by atoms with Crippen LogP contribution in [0.15, 0.2) is 18.2 Å². The number of ketones is 1. The Bertz CT molecular complexity index is 338. The van der Waals surface area contributed by atoms with E-state index in [0.717, 1.165) is 3.57 Å². The minimum atomic E-state index is -0.415. The van der Waals surface area contributed by atoms with Crippen LogP contribution < -0.4 is 0 Å². The molecule has 0 radical (unpaired) electrons. The van der Waals surface area contributed by atoms with Gasteiger partial charge in [0.15, 0.2) is 0 Å². The smallest absolute Gasteiger partial charge is 0.147 e. The Kier molecular flexibility index (Phi) is 3.73. The van der Waals surface area contributed by atoms with Crippen molar-refractivity contribution in [3.63, 3.8) is 0 Å². The Morgan fingerprint density at radius 2 is 2.23 bits per heavy atom. The summed E-state index contributed by atoms with van der Waals surface area (Å²) in [5, 5.41) is 9.47. The average molecular weight is 355 g/mol. The molecule has 4 heteroatoms.